The van der Waals surface area contributed by atoms with Crippen LogP contribution in [-0.2, 0) is 4.79 Å². The number of hydrogen-bond acceptors (Lipinski definition) is 3. The number of likely N-dealkylation sites (N-methyl/N-ethyl adjacent to an activating group) is 1. The van der Waals surface area contributed by atoms with Gasteiger partial charge < -0.3 is 10.2 Å². The van der Waals surface area contributed by atoms with Crippen LogP contribution in [0.2, 0.25) is 0 Å². The van der Waals surface area contributed by atoms with Crippen molar-refractivity contribution >= 4 is 18.3 Å². The molecule has 1 amide bonds. The van der Waals surface area contributed by atoms with Crippen LogP contribution in [0.3, 0.4) is 0 Å². The minimum atomic E-state index is 0. The molecular weight excluding hydrogens is 310 g/mol. The molecule has 128 valence electrons. The van der Waals surface area contributed by atoms with Crippen LogP contribution in [0.25, 0.3) is 0 Å². The molecular formula is C18H28ClN3O. The summed E-state index contributed by atoms with van der Waals surface area (Å²) in [4.78, 5) is 16.8. The summed E-state index contributed by atoms with van der Waals surface area (Å²) in [5.41, 5.74) is 1.19. The molecule has 2 aliphatic rings. The number of halogens is 1. The third-order valence-electron chi connectivity index (χ3n) is 5.40. The van der Waals surface area contributed by atoms with Crippen molar-refractivity contribution in [3.63, 3.8) is 0 Å². The summed E-state index contributed by atoms with van der Waals surface area (Å²) >= 11 is 0. The smallest absolute Gasteiger partial charge is 0.236 e. The minimum Gasteiger partial charge on any atom is -0.338 e. The van der Waals surface area contributed by atoms with Crippen molar-refractivity contribution in [1.82, 2.24) is 15.1 Å². The average molecular weight is 338 g/mol. The second-order valence-electron chi connectivity index (χ2n) is 6.79. The van der Waals surface area contributed by atoms with Crippen LogP contribution in [0, 0.1) is 11.8 Å². The first-order valence-electron chi connectivity index (χ1n) is 8.39. The summed E-state index contributed by atoms with van der Waals surface area (Å²) in [7, 11) is 1.92. The highest BCUT2D eigenvalue weighted by Crippen LogP contribution is 2.26. The molecule has 3 atom stereocenters. The molecule has 1 aromatic rings. The Hall–Kier alpha value is -1.10. The SMILES string of the molecule is CC(c1ccccc1)N(C)C(=O)CN1CCC2CNCC2C1.Cl. The largest absolute Gasteiger partial charge is 0.338 e. The van der Waals surface area contributed by atoms with E-state index < -0.39 is 0 Å². The maximum absolute atomic E-state index is 12.6. The fraction of sp³-hybridized carbons (Fsp3) is 0.611. The molecule has 4 nitrogen and oxygen atoms in total. The van der Waals surface area contributed by atoms with Gasteiger partial charge in [-0.15, -0.1) is 12.4 Å². The molecule has 0 aromatic heterocycles. The van der Waals surface area contributed by atoms with E-state index in [9.17, 15) is 4.79 Å². The number of benzene rings is 1. The molecule has 0 saturated carbocycles. The predicted molar refractivity (Wildman–Crippen MR) is 95.8 cm³/mol. The topological polar surface area (TPSA) is 35.6 Å². The number of carbonyl (C=O) groups excluding carboxylic acids is 1. The van der Waals surface area contributed by atoms with E-state index in [1.54, 1.807) is 0 Å². The normalized spacial score (nSPS) is 25.3. The van der Waals surface area contributed by atoms with Gasteiger partial charge in [-0.25, -0.2) is 0 Å². The fourth-order valence-electron chi connectivity index (χ4n) is 3.73. The predicted octanol–water partition coefficient (Wildman–Crippen LogP) is 2.17. The first-order chi connectivity index (χ1) is 10.6. The maximum atomic E-state index is 12.6. The van der Waals surface area contributed by atoms with Gasteiger partial charge in [0.25, 0.3) is 0 Å². The summed E-state index contributed by atoms with van der Waals surface area (Å²) < 4.78 is 0. The number of piperidine rings is 1. The Labute approximate surface area is 145 Å². The van der Waals surface area contributed by atoms with Gasteiger partial charge in [-0.05, 0) is 50.4 Å². The number of nitrogens with one attached hydrogen (secondary N) is 1. The Morgan fingerprint density at radius 3 is 2.74 bits per heavy atom. The van der Waals surface area contributed by atoms with Gasteiger partial charge in [0.05, 0.1) is 12.6 Å². The molecule has 0 aliphatic carbocycles. The molecule has 0 bridgehead atoms. The molecule has 0 radical (unpaired) electrons. The Kier molecular flexibility index (Phi) is 6.45. The lowest BCUT2D eigenvalue weighted by Gasteiger charge is -2.35. The number of nitrogens with zero attached hydrogens (tertiary/aromatic N) is 2. The average Bonchev–Trinajstić information content (AvgIpc) is 3.02. The molecule has 3 unspecified atom stereocenters. The van der Waals surface area contributed by atoms with Crippen LogP contribution in [-0.4, -0.2) is 55.5 Å². The zero-order chi connectivity index (χ0) is 15.5. The van der Waals surface area contributed by atoms with Gasteiger partial charge in [-0.2, -0.15) is 0 Å². The van der Waals surface area contributed by atoms with Crippen molar-refractivity contribution in [1.29, 1.82) is 0 Å². The summed E-state index contributed by atoms with van der Waals surface area (Å²) in [5.74, 6) is 1.78. The van der Waals surface area contributed by atoms with Crippen molar-refractivity contribution in [2.45, 2.75) is 19.4 Å². The monoisotopic (exact) mass is 337 g/mol. The summed E-state index contributed by atoms with van der Waals surface area (Å²) in [6.07, 6.45) is 1.23. The van der Waals surface area contributed by atoms with Gasteiger partial charge in [0, 0.05) is 13.6 Å². The highest BCUT2D eigenvalue weighted by molar-refractivity contribution is 5.85. The van der Waals surface area contributed by atoms with Crippen molar-refractivity contribution in [2.24, 2.45) is 11.8 Å². The third-order valence-corrected chi connectivity index (χ3v) is 5.40. The molecule has 2 heterocycles. The molecule has 23 heavy (non-hydrogen) atoms. The second kappa shape index (κ2) is 8.13. The van der Waals surface area contributed by atoms with Crippen LogP contribution in [0.15, 0.2) is 30.3 Å². The minimum absolute atomic E-state index is 0. The number of fused-ring (bicyclic) bond motifs is 1. The molecule has 0 spiro atoms. The highest BCUT2D eigenvalue weighted by atomic mass is 35.5. The zero-order valence-corrected chi connectivity index (χ0v) is 14.9. The summed E-state index contributed by atoms with van der Waals surface area (Å²) in [6.45, 7) is 7.05. The number of amides is 1. The molecule has 1 aromatic carbocycles. The number of hydrogen-bond donors (Lipinski definition) is 1. The Bertz CT molecular complexity index is 510. The van der Waals surface area contributed by atoms with Crippen molar-refractivity contribution in [3.8, 4) is 0 Å². The van der Waals surface area contributed by atoms with Crippen LogP contribution in [0.5, 0.6) is 0 Å². The standard InChI is InChI=1S/C18H27N3O.ClH/c1-14(15-6-4-3-5-7-15)20(2)18(22)13-21-9-8-16-10-19-11-17(16)12-21;/h3-7,14,16-17,19H,8-13H2,1-2H3;1H. The van der Waals surface area contributed by atoms with E-state index >= 15 is 0 Å². The molecule has 2 saturated heterocycles. The van der Waals surface area contributed by atoms with Crippen molar-refractivity contribution < 1.29 is 4.79 Å². The maximum Gasteiger partial charge on any atom is 0.236 e. The zero-order valence-electron chi connectivity index (χ0n) is 14.1. The number of rotatable bonds is 4. The summed E-state index contributed by atoms with van der Waals surface area (Å²) in [5, 5.41) is 3.48. The first kappa shape index (κ1) is 18.2. The fourth-order valence-corrected chi connectivity index (χ4v) is 3.73. The van der Waals surface area contributed by atoms with E-state index in [-0.39, 0.29) is 24.4 Å². The third kappa shape index (κ3) is 4.25. The molecule has 5 heteroatoms. The Balaban J connectivity index is 0.00000192. The van der Waals surface area contributed by atoms with Gasteiger partial charge in [0.1, 0.15) is 0 Å². The first-order valence-corrected chi connectivity index (χ1v) is 8.39. The van der Waals surface area contributed by atoms with Gasteiger partial charge in [-0.3, -0.25) is 9.69 Å². The molecule has 1 N–H and O–H groups in total. The Morgan fingerprint density at radius 2 is 2.00 bits per heavy atom. The molecule has 2 aliphatic heterocycles. The highest BCUT2D eigenvalue weighted by Gasteiger charge is 2.33. The Morgan fingerprint density at radius 1 is 1.30 bits per heavy atom. The number of carbonyl (C=O) groups is 1. The lowest BCUT2D eigenvalue weighted by molar-refractivity contribution is -0.133. The van der Waals surface area contributed by atoms with E-state index in [2.05, 4.69) is 29.3 Å². The van der Waals surface area contributed by atoms with E-state index in [1.807, 2.05) is 30.1 Å². The van der Waals surface area contributed by atoms with E-state index in [0.29, 0.717) is 6.54 Å². The van der Waals surface area contributed by atoms with E-state index in [1.165, 1.54) is 12.0 Å². The summed E-state index contributed by atoms with van der Waals surface area (Å²) in [6, 6.07) is 10.4. The van der Waals surface area contributed by atoms with Gasteiger partial charge in [0.15, 0.2) is 0 Å². The van der Waals surface area contributed by atoms with Crippen LogP contribution in [0.1, 0.15) is 24.9 Å². The lowest BCUT2D eigenvalue weighted by atomic mass is 9.89. The molecule has 2 fully saturated rings. The van der Waals surface area contributed by atoms with Crippen molar-refractivity contribution in [3.05, 3.63) is 35.9 Å². The molecule has 3 rings (SSSR count). The number of likely N-dealkylation sites (tertiary alicyclic amines) is 1. The van der Waals surface area contributed by atoms with Gasteiger partial charge in [0.2, 0.25) is 5.91 Å². The van der Waals surface area contributed by atoms with Crippen LogP contribution >= 0.6 is 12.4 Å². The van der Waals surface area contributed by atoms with E-state index in [4.69, 9.17) is 0 Å². The van der Waals surface area contributed by atoms with Crippen LogP contribution in [0.4, 0.5) is 0 Å². The van der Waals surface area contributed by atoms with E-state index in [0.717, 1.165) is 38.0 Å². The lowest BCUT2D eigenvalue weighted by Crippen LogP contribution is -2.45. The van der Waals surface area contributed by atoms with Crippen molar-refractivity contribution in [2.75, 3.05) is 39.8 Å². The second-order valence-corrected chi connectivity index (χ2v) is 6.79. The van der Waals surface area contributed by atoms with Crippen LogP contribution < -0.4 is 5.32 Å². The quantitative estimate of drug-likeness (QED) is 0.914. The van der Waals surface area contributed by atoms with Gasteiger partial charge >= 0.3 is 0 Å². The van der Waals surface area contributed by atoms with Gasteiger partial charge in [-0.1, -0.05) is 30.3 Å².